The van der Waals surface area contributed by atoms with Crippen molar-refractivity contribution in [1.82, 2.24) is 9.88 Å². The zero-order valence-electron chi connectivity index (χ0n) is 19.2. The second kappa shape index (κ2) is 7.95. The quantitative estimate of drug-likeness (QED) is 0.670. The Bertz CT molecular complexity index is 1120. The van der Waals surface area contributed by atoms with E-state index in [1.165, 1.54) is 12.8 Å². The molecule has 3 aliphatic carbocycles. The molecule has 3 aliphatic rings. The number of nitrogens with one attached hydrogen (secondary N) is 1. The lowest BCUT2D eigenvalue weighted by Crippen LogP contribution is -2.36. The Hall–Kier alpha value is -2.82. The molecule has 3 unspecified atom stereocenters. The van der Waals surface area contributed by atoms with E-state index in [4.69, 9.17) is 4.74 Å². The molecule has 1 aromatic heterocycles. The fourth-order valence-electron chi connectivity index (χ4n) is 6.24. The first-order valence-corrected chi connectivity index (χ1v) is 11.8. The summed E-state index contributed by atoms with van der Waals surface area (Å²) in [4.78, 5) is 26.1. The number of pyridine rings is 1. The molecule has 1 amide bonds. The van der Waals surface area contributed by atoms with Gasteiger partial charge in [-0.2, -0.15) is 0 Å². The molecule has 1 aromatic carbocycles. The summed E-state index contributed by atoms with van der Waals surface area (Å²) in [7, 11) is 1.65. The lowest BCUT2D eigenvalue weighted by atomic mass is 9.89. The maximum atomic E-state index is 13.2. The van der Waals surface area contributed by atoms with Crippen LogP contribution in [0.15, 0.2) is 47.3 Å². The maximum Gasteiger partial charge on any atom is 0.257 e. The highest BCUT2D eigenvalue weighted by molar-refractivity contribution is 5.95. The predicted octanol–water partition coefficient (Wildman–Crippen LogP) is 4.11. The van der Waals surface area contributed by atoms with E-state index in [9.17, 15) is 9.59 Å². The van der Waals surface area contributed by atoms with E-state index in [1.54, 1.807) is 13.2 Å². The van der Waals surface area contributed by atoms with Gasteiger partial charge >= 0.3 is 0 Å². The van der Waals surface area contributed by atoms with E-state index in [0.717, 1.165) is 29.1 Å². The Morgan fingerprint density at radius 1 is 1.22 bits per heavy atom. The second-order valence-corrected chi connectivity index (χ2v) is 9.72. The highest BCUT2D eigenvalue weighted by atomic mass is 16.5. The van der Waals surface area contributed by atoms with Gasteiger partial charge in [0.25, 0.3) is 5.91 Å². The smallest absolute Gasteiger partial charge is 0.257 e. The molecule has 2 fully saturated rings. The molecule has 0 aliphatic heterocycles. The largest absolute Gasteiger partial charge is 0.497 e. The van der Waals surface area contributed by atoms with Gasteiger partial charge in [-0.05, 0) is 73.5 Å². The van der Waals surface area contributed by atoms with Crippen molar-refractivity contribution < 1.29 is 9.53 Å². The minimum absolute atomic E-state index is 0.186. The molecule has 2 bridgehead atoms. The molecule has 5 rings (SSSR count). The van der Waals surface area contributed by atoms with Crippen molar-refractivity contribution in [2.24, 2.45) is 23.2 Å². The van der Waals surface area contributed by atoms with Gasteiger partial charge in [-0.1, -0.05) is 31.2 Å². The zero-order chi connectivity index (χ0) is 22.5. The van der Waals surface area contributed by atoms with Gasteiger partial charge in [0.2, 0.25) is 0 Å². The van der Waals surface area contributed by atoms with Crippen LogP contribution < -0.4 is 15.5 Å². The van der Waals surface area contributed by atoms with Crippen molar-refractivity contribution in [1.29, 1.82) is 0 Å². The number of rotatable bonds is 7. The molecule has 5 heteroatoms. The van der Waals surface area contributed by atoms with Gasteiger partial charge in [0, 0.05) is 30.5 Å². The average Bonchev–Trinajstić information content (AvgIpc) is 3.46. The molecule has 0 radical (unpaired) electrons. The SMILES string of the molecule is CCc1c(C(=O)NCC2CC3C=CC2C32CC2)c(=O)cc(C)n1Cc1ccc(OC)cc1. The number of hydrogen-bond donors (Lipinski definition) is 1. The van der Waals surface area contributed by atoms with E-state index >= 15 is 0 Å². The molecule has 2 aromatic rings. The van der Waals surface area contributed by atoms with Crippen LogP contribution in [0.5, 0.6) is 5.75 Å². The summed E-state index contributed by atoms with van der Waals surface area (Å²) in [6, 6.07) is 9.50. The van der Waals surface area contributed by atoms with E-state index in [1.807, 2.05) is 38.1 Å². The first kappa shape index (κ1) is 21.0. The van der Waals surface area contributed by atoms with Crippen molar-refractivity contribution in [3.05, 3.63) is 75.2 Å². The number of methoxy groups -OCH3 is 1. The molecule has 0 saturated heterocycles. The monoisotopic (exact) mass is 432 g/mol. The Morgan fingerprint density at radius 2 is 1.97 bits per heavy atom. The molecular weight excluding hydrogens is 400 g/mol. The van der Waals surface area contributed by atoms with Crippen LogP contribution in [0, 0.1) is 30.1 Å². The van der Waals surface area contributed by atoms with Crippen LogP contribution in [0.1, 0.15) is 53.5 Å². The van der Waals surface area contributed by atoms with Crippen LogP contribution in [-0.2, 0) is 13.0 Å². The van der Waals surface area contributed by atoms with Crippen LogP contribution in [0.25, 0.3) is 0 Å². The first-order chi connectivity index (χ1) is 15.5. The lowest BCUT2D eigenvalue weighted by molar-refractivity contribution is 0.0941. The van der Waals surface area contributed by atoms with Gasteiger partial charge < -0.3 is 14.6 Å². The van der Waals surface area contributed by atoms with Crippen LogP contribution in [0.2, 0.25) is 0 Å². The lowest BCUT2D eigenvalue weighted by Gasteiger charge is -2.22. The van der Waals surface area contributed by atoms with Crippen molar-refractivity contribution in [3.8, 4) is 5.75 Å². The van der Waals surface area contributed by atoms with Gasteiger partial charge in [-0.15, -0.1) is 0 Å². The van der Waals surface area contributed by atoms with E-state index in [-0.39, 0.29) is 11.3 Å². The average molecular weight is 433 g/mol. The summed E-state index contributed by atoms with van der Waals surface area (Å²) in [5, 5.41) is 3.13. The fraction of sp³-hybridized carbons (Fsp3) is 0.481. The summed E-state index contributed by atoms with van der Waals surface area (Å²) in [5.41, 5.74) is 3.39. The third-order valence-electron chi connectivity index (χ3n) is 8.06. The molecular formula is C27H32N2O3. The topological polar surface area (TPSA) is 60.3 Å². The minimum atomic E-state index is -0.230. The Morgan fingerprint density at radius 3 is 2.59 bits per heavy atom. The van der Waals surface area contributed by atoms with Crippen molar-refractivity contribution in [2.45, 2.75) is 46.1 Å². The molecule has 1 N–H and O–H groups in total. The summed E-state index contributed by atoms with van der Waals surface area (Å²) in [6.45, 7) is 5.20. The number of benzene rings is 1. The molecule has 32 heavy (non-hydrogen) atoms. The molecule has 1 spiro atoms. The minimum Gasteiger partial charge on any atom is -0.497 e. The first-order valence-electron chi connectivity index (χ1n) is 11.8. The number of amides is 1. The summed E-state index contributed by atoms with van der Waals surface area (Å²) < 4.78 is 7.35. The normalized spacial score (nSPS) is 24.2. The molecule has 1 heterocycles. The van der Waals surface area contributed by atoms with Gasteiger partial charge in [0.05, 0.1) is 7.11 Å². The summed E-state index contributed by atoms with van der Waals surface area (Å²) in [6.07, 6.45) is 9.21. The molecule has 3 atom stereocenters. The Labute approximate surface area is 189 Å². The standard InChI is InChI=1S/C27H32N2O3/c1-4-23-25(26(31)28-15-19-14-20-7-10-22(19)27(20)11-12-27)24(30)13-17(2)29(23)16-18-5-8-21(32-3)9-6-18/h5-10,13,19-20,22H,4,11-12,14-16H2,1-3H3,(H,28,31). The van der Waals surface area contributed by atoms with E-state index < -0.39 is 0 Å². The number of carbonyl (C=O) groups excluding carboxylic acids is 1. The van der Waals surface area contributed by atoms with Crippen LogP contribution >= 0.6 is 0 Å². The number of aryl methyl sites for hydroxylation is 1. The van der Waals surface area contributed by atoms with Crippen LogP contribution in [-0.4, -0.2) is 24.1 Å². The number of nitrogens with zero attached hydrogens (tertiary/aromatic N) is 1. The van der Waals surface area contributed by atoms with Gasteiger partial charge in [-0.25, -0.2) is 0 Å². The third-order valence-corrected chi connectivity index (χ3v) is 8.06. The van der Waals surface area contributed by atoms with Crippen LogP contribution in [0.3, 0.4) is 0 Å². The molecule has 5 nitrogen and oxygen atoms in total. The molecule has 2 saturated carbocycles. The summed E-state index contributed by atoms with van der Waals surface area (Å²) >= 11 is 0. The van der Waals surface area contributed by atoms with Crippen molar-refractivity contribution in [3.63, 3.8) is 0 Å². The van der Waals surface area contributed by atoms with E-state index in [2.05, 4.69) is 22.0 Å². The van der Waals surface area contributed by atoms with E-state index in [0.29, 0.717) is 48.2 Å². The number of carbonyl (C=O) groups is 1. The fourth-order valence-corrected chi connectivity index (χ4v) is 6.24. The number of ether oxygens (including phenoxy) is 1. The van der Waals surface area contributed by atoms with Crippen molar-refractivity contribution >= 4 is 5.91 Å². The highest BCUT2D eigenvalue weighted by Crippen LogP contribution is 2.69. The predicted molar refractivity (Wildman–Crippen MR) is 125 cm³/mol. The Kier molecular flexibility index (Phi) is 5.23. The van der Waals surface area contributed by atoms with Gasteiger partial charge in [0.15, 0.2) is 5.43 Å². The highest BCUT2D eigenvalue weighted by Gasteiger charge is 2.62. The van der Waals surface area contributed by atoms with Crippen LogP contribution in [0.4, 0.5) is 0 Å². The zero-order valence-corrected chi connectivity index (χ0v) is 19.2. The summed E-state index contributed by atoms with van der Waals surface area (Å²) in [5.74, 6) is 2.37. The number of allylic oxidation sites excluding steroid dienone is 2. The third kappa shape index (κ3) is 3.39. The maximum absolute atomic E-state index is 13.2. The van der Waals surface area contributed by atoms with Gasteiger partial charge in [0.1, 0.15) is 11.3 Å². The number of aromatic nitrogens is 1. The second-order valence-electron chi connectivity index (χ2n) is 9.72. The Balaban J connectivity index is 1.36. The number of hydrogen-bond acceptors (Lipinski definition) is 3. The molecule has 168 valence electrons. The van der Waals surface area contributed by atoms with Gasteiger partial charge in [-0.3, -0.25) is 9.59 Å². The van der Waals surface area contributed by atoms with Crippen molar-refractivity contribution in [2.75, 3.05) is 13.7 Å².